The largest absolute Gasteiger partial charge is 0.494 e. The van der Waals surface area contributed by atoms with Crippen molar-refractivity contribution in [2.24, 2.45) is 5.73 Å². The molecule has 3 aromatic carbocycles. The van der Waals surface area contributed by atoms with Crippen LogP contribution >= 0.6 is 0 Å². The minimum Gasteiger partial charge on any atom is -0.494 e. The second kappa shape index (κ2) is 12.8. The molecule has 0 fully saturated rings. The fraction of sp³-hybridized carbons (Fsp3) is 0.375. The first-order valence-electron chi connectivity index (χ1n) is 14.0. The van der Waals surface area contributed by atoms with Crippen LogP contribution in [0.3, 0.4) is 0 Å². The molecule has 5 heterocycles. The molecule has 0 saturated carbocycles. The van der Waals surface area contributed by atoms with Crippen LogP contribution in [-0.2, 0) is 22.4 Å². The van der Waals surface area contributed by atoms with E-state index in [2.05, 4.69) is 23.5 Å². The van der Waals surface area contributed by atoms with Gasteiger partial charge in [-0.3, -0.25) is 9.59 Å². The summed E-state index contributed by atoms with van der Waals surface area (Å²) in [5.74, 6) is 2.46. The van der Waals surface area contributed by atoms with Crippen molar-refractivity contribution in [3.8, 4) is 17.2 Å². The summed E-state index contributed by atoms with van der Waals surface area (Å²) >= 11 is 0. The molecule has 0 aliphatic carbocycles. The molecule has 2 amide bonds. The molecule has 39 heavy (non-hydrogen) atoms. The summed E-state index contributed by atoms with van der Waals surface area (Å²) in [5.41, 5.74) is 10.1. The first-order chi connectivity index (χ1) is 19.1. The van der Waals surface area contributed by atoms with Crippen molar-refractivity contribution in [2.75, 3.05) is 26.2 Å². The third-order valence-electron chi connectivity index (χ3n) is 7.39. The maximum Gasteiger partial charge on any atom is 0.223 e. The third-order valence-corrected chi connectivity index (χ3v) is 7.39. The lowest BCUT2D eigenvalue weighted by Crippen LogP contribution is -2.40. The Kier molecular flexibility index (Phi) is 8.78. The van der Waals surface area contributed by atoms with Crippen LogP contribution in [0.2, 0.25) is 0 Å². The Labute approximate surface area is 230 Å². The number of carbonyl (C=O) groups is 2. The van der Waals surface area contributed by atoms with Gasteiger partial charge in [-0.1, -0.05) is 30.3 Å². The average Bonchev–Trinajstić information content (AvgIpc) is 2.96. The zero-order valence-electron chi connectivity index (χ0n) is 22.4. The van der Waals surface area contributed by atoms with Gasteiger partial charge in [-0.2, -0.15) is 0 Å². The highest BCUT2D eigenvalue weighted by Gasteiger charge is 2.32. The lowest BCUT2D eigenvalue weighted by molar-refractivity contribution is -0.133. The smallest absolute Gasteiger partial charge is 0.223 e. The fourth-order valence-electron chi connectivity index (χ4n) is 5.33. The number of ether oxygens (including phenoxy) is 2. The van der Waals surface area contributed by atoms with Gasteiger partial charge < -0.3 is 25.4 Å². The molecular formula is C32H37N3O4. The molecule has 1 unspecified atom stereocenters. The summed E-state index contributed by atoms with van der Waals surface area (Å²) in [5, 5.41) is 2.98. The summed E-state index contributed by atoms with van der Waals surface area (Å²) < 4.78 is 12.2. The first kappa shape index (κ1) is 26.8. The zero-order valence-corrected chi connectivity index (χ0v) is 22.4. The maximum absolute atomic E-state index is 13.4. The Morgan fingerprint density at radius 3 is 2.64 bits per heavy atom. The van der Waals surface area contributed by atoms with E-state index >= 15 is 0 Å². The van der Waals surface area contributed by atoms with Crippen molar-refractivity contribution in [2.45, 2.75) is 51.0 Å². The van der Waals surface area contributed by atoms with Crippen LogP contribution in [0.1, 0.15) is 60.4 Å². The molecular weight excluding hydrogens is 490 g/mol. The number of unbranched alkanes of at least 4 members (excludes halogenated alkanes) is 1. The normalized spacial score (nSPS) is 17.5. The van der Waals surface area contributed by atoms with E-state index in [0.717, 1.165) is 53.2 Å². The molecule has 5 aliphatic heterocycles. The lowest BCUT2D eigenvalue weighted by atomic mass is 9.87. The Bertz CT molecular complexity index is 1290. The van der Waals surface area contributed by atoms with Gasteiger partial charge in [-0.15, -0.1) is 0 Å². The van der Waals surface area contributed by atoms with E-state index in [9.17, 15) is 9.59 Å². The molecule has 1 atom stereocenters. The van der Waals surface area contributed by atoms with E-state index in [1.165, 1.54) is 5.56 Å². The third kappa shape index (κ3) is 6.79. The van der Waals surface area contributed by atoms with Crippen molar-refractivity contribution in [1.82, 2.24) is 10.2 Å². The molecule has 3 aromatic rings. The van der Waals surface area contributed by atoms with Gasteiger partial charge in [0.25, 0.3) is 0 Å². The van der Waals surface area contributed by atoms with Gasteiger partial charge in [-0.05, 0) is 97.3 Å². The van der Waals surface area contributed by atoms with E-state index in [1.807, 2.05) is 53.4 Å². The Morgan fingerprint density at radius 2 is 1.79 bits per heavy atom. The van der Waals surface area contributed by atoms with Crippen LogP contribution in [0.4, 0.5) is 0 Å². The van der Waals surface area contributed by atoms with E-state index in [-0.39, 0.29) is 17.9 Å². The topological polar surface area (TPSA) is 93.9 Å². The molecule has 8 bridgehead atoms. The molecule has 7 heteroatoms. The van der Waals surface area contributed by atoms with Gasteiger partial charge in [0.1, 0.15) is 17.2 Å². The second-order valence-electron chi connectivity index (χ2n) is 10.2. The molecule has 5 aliphatic rings. The number of nitrogens with one attached hydrogen (secondary N) is 1. The van der Waals surface area contributed by atoms with Gasteiger partial charge in [0.15, 0.2) is 0 Å². The van der Waals surface area contributed by atoms with Crippen molar-refractivity contribution in [1.29, 1.82) is 0 Å². The highest BCUT2D eigenvalue weighted by Crippen LogP contribution is 2.39. The zero-order chi connectivity index (χ0) is 27.0. The van der Waals surface area contributed by atoms with Crippen LogP contribution in [0, 0.1) is 0 Å². The van der Waals surface area contributed by atoms with Gasteiger partial charge in [0, 0.05) is 25.9 Å². The highest BCUT2D eigenvalue weighted by molar-refractivity contribution is 5.78. The van der Waals surface area contributed by atoms with E-state index in [4.69, 9.17) is 15.2 Å². The number of hydrogen-bond acceptors (Lipinski definition) is 5. The predicted molar refractivity (Wildman–Crippen MR) is 151 cm³/mol. The molecule has 0 saturated heterocycles. The van der Waals surface area contributed by atoms with Crippen LogP contribution < -0.4 is 20.5 Å². The van der Waals surface area contributed by atoms with Gasteiger partial charge in [-0.25, -0.2) is 0 Å². The van der Waals surface area contributed by atoms with Crippen LogP contribution in [0.25, 0.3) is 0 Å². The molecule has 3 N–H and O–H groups in total. The highest BCUT2D eigenvalue weighted by atomic mass is 16.5. The quantitative estimate of drug-likeness (QED) is 0.470. The number of carbonyl (C=O) groups excluding carboxylic acids is 2. The Balaban J connectivity index is 1.48. The molecule has 8 rings (SSSR count). The Hall–Kier alpha value is -3.84. The number of amides is 2. The summed E-state index contributed by atoms with van der Waals surface area (Å²) in [4.78, 5) is 27.7. The number of hydrogen-bond donors (Lipinski definition) is 2. The Morgan fingerprint density at radius 1 is 0.949 bits per heavy atom. The van der Waals surface area contributed by atoms with E-state index in [1.54, 1.807) is 0 Å². The SMILES string of the molecule is NCCCCC(=O)N1CCc2cc3ccc2C1c1cccc(c1)OCCCNC(=O)CCc1ccc(cc1)O3. The first-order valence-corrected chi connectivity index (χ1v) is 14.0. The molecule has 0 radical (unpaired) electrons. The van der Waals surface area contributed by atoms with Gasteiger partial charge in [0.05, 0.1) is 12.6 Å². The minimum absolute atomic E-state index is 0.0352. The van der Waals surface area contributed by atoms with E-state index in [0.29, 0.717) is 51.9 Å². The van der Waals surface area contributed by atoms with Crippen LogP contribution in [0.5, 0.6) is 17.2 Å². The van der Waals surface area contributed by atoms with Crippen molar-refractivity contribution in [3.05, 3.63) is 89.0 Å². The lowest BCUT2D eigenvalue weighted by Gasteiger charge is -2.38. The summed E-state index contributed by atoms with van der Waals surface area (Å²) in [6, 6.07) is 21.9. The van der Waals surface area contributed by atoms with Gasteiger partial charge in [0.2, 0.25) is 11.8 Å². The van der Waals surface area contributed by atoms with Crippen molar-refractivity contribution in [3.63, 3.8) is 0 Å². The monoisotopic (exact) mass is 527 g/mol. The van der Waals surface area contributed by atoms with Crippen molar-refractivity contribution >= 4 is 11.8 Å². The van der Waals surface area contributed by atoms with Crippen molar-refractivity contribution < 1.29 is 19.1 Å². The minimum atomic E-state index is -0.204. The number of nitrogens with zero attached hydrogens (tertiary/aromatic N) is 1. The maximum atomic E-state index is 13.4. The molecule has 0 aromatic heterocycles. The number of rotatable bonds is 4. The van der Waals surface area contributed by atoms with Crippen LogP contribution in [0.15, 0.2) is 66.7 Å². The number of aryl methyl sites for hydroxylation is 1. The number of nitrogens with two attached hydrogens (primary N) is 1. The molecule has 0 spiro atoms. The standard InChI is InChI=1S/C32H37N3O4/c33-17-2-1-7-31(37)35-19-16-24-21-28-13-14-29(24)32(35)25-5-3-6-27(22-25)38-20-4-18-34-30(36)15-10-23-8-11-26(39-28)12-9-23/h3,5-6,8-9,11-14,21-22,32H,1-2,4,7,10,15-20,33H2,(H,34,36). The summed E-state index contributed by atoms with van der Waals surface area (Å²) in [7, 11) is 0. The molecule has 204 valence electrons. The number of benzene rings is 3. The van der Waals surface area contributed by atoms with E-state index < -0.39 is 0 Å². The average molecular weight is 528 g/mol. The fourth-order valence-corrected chi connectivity index (χ4v) is 5.33. The predicted octanol–water partition coefficient (Wildman–Crippen LogP) is 4.91. The van der Waals surface area contributed by atoms with Gasteiger partial charge >= 0.3 is 0 Å². The molecule has 7 nitrogen and oxygen atoms in total. The second-order valence-corrected chi connectivity index (χ2v) is 10.2. The summed E-state index contributed by atoms with van der Waals surface area (Å²) in [6.45, 7) is 2.29. The summed E-state index contributed by atoms with van der Waals surface area (Å²) in [6.07, 6.45) is 4.71. The van der Waals surface area contributed by atoms with Crippen LogP contribution in [-0.4, -0.2) is 43.0 Å².